The van der Waals surface area contributed by atoms with Gasteiger partial charge < -0.3 is 25.1 Å². The maximum absolute atomic E-state index is 10.4. The number of carboxylic acids is 1. The number of aliphatic hydroxyl groups is 2. The molecule has 1 rings (SSSR count). The minimum atomic E-state index is -1.15. The van der Waals surface area contributed by atoms with Gasteiger partial charge in [0, 0.05) is 12.6 Å². The van der Waals surface area contributed by atoms with E-state index in [4.69, 9.17) is 19.7 Å². The number of aromatic carboxylic acids is 1. The number of nitrogens with one attached hydrogen (secondary N) is 1. The zero-order chi connectivity index (χ0) is 10.6. The van der Waals surface area contributed by atoms with Gasteiger partial charge in [-0.25, -0.2) is 4.79 Å². The van der Waals surface area contributed by atoms with Gasteiger partial charge in [0.05, 0.1) is 12.7 Å². The molecule has 0 aliphatic heterocycles. The molecule has 78 valence electrons. The molecule has 1 aromatic rings. The normalized spacial score (nSPS) is 12.4. The van der Waals surface area contributed by atoms with Crippen LogP contribution in [0.3, 0.4) is 0 Å². The predicted octanol–water partition coefficient (Wildman–Crippen LogP) is -0.257. The first-order valence-electron chi connectivity index (χ1n) is 3.99. The molecule has 6 nitrogen and oxygen atoms in total. The summed E-state index contributed by atoms with van der Waals surface area (Å²) in [6.45, 7) is -0.261. The Kier molecular flexibility index (Phi) is 3.49. The van der Waals surface area contributed by atoms with E-state index in [9.17, 15) is 4.79 Å². The van der Waals surface area contributed by atoms with Crippen LogP contribution in [0, 0.1) is 0 Å². The summed E-state index contributed by atoms with van der Waals surface area (Å²) in [4.78, 5) is 10.4. The summed E-state index contributed by atoms with van der Waals surface area (Å²) in [6.07, 6.45) is -0.895. The Balaban J connectivity index is 2.48. The van der Waals surface area contributed by atoms with E-state index in [1.54, 1.807) is 0 Å². The fourth-order valence-electron chi connectivity index (χ4n) is 0.831. The van der Waals surface area contributed by atoms with E-state index >= 15 is 0 Å². The quantitative estimate of drug-likeness (QED) is 0.523. The van der Waals surface area contributed by atoms with Crippen molar-refractivity contribution >= 4 is 11.9 Å². The molecule has 1 aromatic heterocycles. The first-order valence-corrected chi connectivity index (χ1v) is 3.99. The van der Waals surface area contributed by atoms with E-state index in [1.807, 2.05) is 0 Å². The molecule has 0 aliphatic rings. The summed E-state index contributed by atoms with van der Waals surface area (Å²) in [5.41, 5.74) is 0. The smallest absolute Gasteiger partial charge is 0.371 e. The van der Waals surface area contributed by atoms with Crippen LogP contribution < -0.4 is 5.32 Å². The van der Waals surface area contributed by atoms with Crippen LogP contribution >= 0.6 is 0 Å². The average Bonchev–Trinajstić information content (AvgIpc) is 2.62. The monoisotopic (exact) mass is 201 g/mol. The molecule has 0 saturated carbocycles. The molecule has 0 amide bonds. The van der Waals surface area contributed by atoms with E-state index in [-0.39, 0.29) is 24.8 Å². The van der Waals surface area contributed by atoms with Crippen LogP contribution in [0.2, 0.25) is 0 Å². The molecule has 1 heterocycles. The van der Waals surface area contributed by atoms with Crippen LogP contribution in [0.4, 0.5) is 5.88 Å². The van der Waals surface area contributed by atoms with Crippen molar-refractivity contribution in [2.45, 2.75) is 6.10 Å². The molecule has 0 aromatic carbocycles. The van der Waals surface area contributed by atoms with Crippen molar-refractivity contribution < 1.29 is 24.5 Å². The fraction of sp³-hybridized carbons (Fsp3) is 0.375. The van der Waals surface area contributed by atoms with Gasteiger partial charge in [0.1, 0.15) is 0 Å². The number of hydrogen-bond acceptors (Lipinski definition) is 5. The van der Waals surface area contributed by atoms with Crippen molar-refractivity contribution in [1.82, 2.24) is 0 Å². The number of carboxylic acid groups (broad SMARTS) is 1. The first kappa shape index (κ1) is 10.6. The second kappa shape index (κ2) is 4.64. The number of aliphatic hydroxyl groups excluding tert-OH is 2. The maximum atomic E-state index is 10.4. The van der Waals surface area contributed by atoms with Crippen LogP contribution in [0.1, 0.15) is 10.6 Å². The third-order valence-corrected chi connectivity index (χ3v) is 1.54. The van der Waals surface area contributed by atoms with E-state index in [1.165, 1.54) is 12.1 Å². The molecular formula is C8H11NO5. The third-order valence-electron chi connectivity index (χ3n) is 1.54. The highest BCUT2D eigenvalue weighted by atomic mass is 16.4. The molecule has 1 atom stereocenters. The number of carbonyl (C=O) groups is 1. The lowest BCUT2D eigenvalue weighted by molar-refractivity contribution is 0.0663. The standard InChI is InChI=1S/C8H11NO5/c10-4-5(11)3-9-7-2-1-6(14-7)8(12)13/h1-2,5,9-11H,3-4H2,(H,12,13). The highest BCUT2D eigenvalue weighted by Gasteiger charge is 2.09. The van der Waals surface area contributed by atoms with Crippen LogP contribution in [-0.2, 0) is 0 Å². The van der Waals surface area contributed by atoms with Crippen molar-refractivity contribution in [3.8, 4) is 0 Å². The summed E-state index contributed by atoms with van der Waals surface area (Å²) in [5.74, 6) is -1.08. The van der Waals surface area contributed by atoms with Gasteiger partial charge >= 0.3 is 5.97 Å². The minimum Gasteiger partial charge on any atom is -0.475 e. The van der Waals surface area contributed by atoms with E-state index in [0.29, 0.717) is 0 Å². The van der Waals surface area contributed by atoms with Gasteiger partial charge in [-0.05, 0) is 6.07 Å². The molecule has 6 heteroatoms. The predicted molar refractivity (Wildman–Crippen MR) is 47.2 cm³/mol. The van der Waals surface area contributed by atoms with Gasteiger partial charge in [0.2, 0.25) is 5.76 Å². The zero-order valence-corrected chi connectivity index (χ0v) is 7.30. The topological polar surface area (TPSA) is 103 Å². The second-order valence-electron chi connectivity index (χ2n) is 2.69. The lowest BCUT2D eigenvalue weighted by Gasteiger charge is -2.06. The summed E-state index contributed by atoms with van der Waals surface area (Å²) in [7, 11) is 0. The summed E-state index contributed by atoms with van der Waals surface area (Å²) in [5, 5.41) is 28.6. The minimum absolute atomic E-state index is 0.100. The summed E-state index contributed by atoms with van der Waals surface area (Å²) in [6, 6.07) is 2.74. The average molecular weight is 201 g/mol. The largest absolute Gasteiger partial charge is 0.475 e. The van der Waals surface area contributed by atoms with Crippen LogP contribution in [-0.4, -0.2) is 40.5 Å². The number of anilines is 1. The van der Waals surface area contributed by atoms with Crippen molar-refractivity contribution in [1.29, 1.82) is 0 Å². The Morgan fingerprint density at radius 3 is 2.79 bits per heavy atom. The number of rotatable bonds is 5. The van der Waals surface area contributed by atoms with Gasteiger partial charge in [-0.15, -0.1) is 0 Å². The molecule has 0 spiro atoms. The third kappa shape index (κ3) is 2.75. The van der Waals surface area contributed by atoms with E-state index in [2.05, 4.69) is 5.32 Å². The Labute approximate surface area is 79.8 Å². The van der Waals surface area contributed by atoms with Crippen molar-refractivity contribution in [2.75, 3.05) is 18.5 Å². The fourth-order valence-corrected chi connectivity index (χ4v) is 0.831. The zero-order valence-electron chi connectivity index (χ0n) is 7.30. The van der Waals surface area contributed by atoms with Gasteiger partial charge in [-0.1, -0.05) is 0 Å². The van der Waals surface area contributed by atoms with Gasteiger partial charge in [0.15, 0.2) is 5.88 Å². The Morgan fingerprint density at radius 2 is 2.29 bits per heavy atom. The molecule has 0 saturated heterocycles. The van der Waals surface area contributed by atoms with Gasteiger partial charge in [0.25, 0.3) is 0 Å². The first-order chi connectivity index (χ1) is 6.63. The lowest BCUT2D eigenvalue weighted by Crippen LogP contribution is -2.22. The van der Waals surface area contributed by atoms with Crippen molar-refractivity contribution in [3.05, 3.63) is 17.9 Å². The Hall–Kier alpha value is -1.53. The molecule has 0 radical (unpaired) electrons. The van der Waals surface area contributed by atoms with Crippen LogP contribution in [0.25, 0.3) is 0 Å². The SMILES string of the molecule is O=C(O)c1ccc(NCC(O)CO)o1. The summed E-state index contributed by atoms with van der Waals surface area (Å²) >= 11 is 0. The highest BCUT2D eigenvalue weighted by Crippen LogP contribution is 2.12. The number of hydrogen-bond donors (Lipinski definition) is 4. The maximum Gasteiger partial charge on any atom is 0.371 e. The van der Waals surface area contributed by atoms with Gasteiger partial charge in [-0.2, -0.15) is 0 Å². The molecule has 4 N–H and O–H groups in total. The molecule has 14 heavy (non-hydrogen) atoms. The van der Waals surface area contributed by atoms with E-state index < -0.39 is 12.1 Å². The van der Waals surface area contributed by atoms with Crippen LogP contribution in [0.15, 0.2) is 16.5 Å². The number of furan rings is 1. The van der Waals surface area contributed by atoms with Crippen molar-refractivity contribution in [2.24, 2.45) is 0 Å². The molecule has 0 fully saturated rings. The second-order valence-corrected chi connectivity index (χ2v) is 2.69. The van der Waals surface area contributed by atoms with Crippen LogP contribution in [0.5, 0.6) is 0 Å². The Morgan fingerprint density at radius 1 is 1.57 bits per heavy atom. The van der Waals surface area contributed by atoms with E-state index in [0.717, 1.165) is 0 Å². The Bertz CT molecular complexity index is 308. The molecule has 1 unspecified atom stereocenters. The lowest BCUT2D eigenvalue weighted by atomic mass is 10.4. The van der Waals surface area contributed by atoms with Gasteiger partial charge in [-0.3, -0.25) is 0 Å². The molecule has 0 bridgehead atoms. The summed E-state index contributed by atoms with van der Waals surface area (Å²) < 4.78 is 4.84. The van der Waals surface area contributed by atoms with Crippen molar-refractivity contribution in [3.63, 3.8) is 0 Å². The highest BCUT2D eigenvalue weighted by molar-refractivity contribution is 5.84. The molecular weight excluding hydrogens is 190 g/mol. The molecule has 0 aliphatic carbocycles.